The van der Waals surface area contributed by atoms with Crippen LogP contribution < -0.4 is 10.2 Å². The molecule has 2 heterocycles. The van der Waals surface area contributed by atoms with E-state index in [2.05, 4.69) is 36.3 Å². The topological polar surface area (TPSA) is 79.6 Å². The van der Waals surface area contributed by atoms with Crippen molar-refractivity contribution in [2.24, 2.45) is 5.92 Å². The van der Waals surface area contributed by atoms with Crippen LogP contribution in [0.1, 0.15) is 38.6 Å². The molecule has 134 valence electrons. The Morgan fingerprint density at radius 3 is 2.58 bits per heavy atom. The molecule has 0 aliphatic carbocycles. The average molecular weight is 355 g/mol. The number of amides is 2. The fourth-order valence-corrected chi connectivity index (χ4v) is 3.69. The molecule has 1 saturated heterocycles. The quantitative estimate of drug-likeness (QED) is 0.733. The fourth-order valence-electron chi connectivity index (χ4n) is 2.72. The zero-order valence-electron chi connectivity index (χ0n) is 14.8. The van der Waals surface area contributed by atoms with Gasteiger partial charge in [0.2, 0.25) is 16.9 Å². The molecular weight excluding hydrogens is 326 g/mol. The Balaban J connectivity index is 1.71. The van der Waals surface area contributed by atoms with Crippen molar-refractivity contribution < 1.29 is 14.5 Å². The molecule has 0 bridgehead atoms. The van der Waals surface area contributed by atoms with E-state index in [9.17, 15) is 9.59 Å². The lowest BCUT2D eigenvalue weighted by Crippen LogP contribution is -3.14. The molecule has 0 saturated carbocycles. The number of rotatable bonds is 7. The SMILES string of the molecule is CC[NH+]1CCN(C(=O)CCC(=O)Nc2nnc(CC(C)C)s2)CC1. The van der Waals surface area contributed by atoms with Gasteiger partial charge in [0.1, 0.15) is 5.01 Å². The Hall–Kier alpha value is -1.54. The van der Waals surface area contributed by atoms with Gasteiger partial charge in [0.05, 0.1) is 32.7 Å². The van der Waals surface area contributed by atoms with Gasteiger partial charge in [-0.1, -0.05) is 25.2 Å². The molecule has 1 aliphatic heterocycles. The largest absolute Gasteiger partial charge is 0.332 e. The van der Waals surface area contributed by atoms with Crippen molar-refractivity contribution >= 4 is 28.3 Å². The van der Waals surface area contributed by atoms with Crippen LogP contribution in [0.2, 0.25) is 0 Å². The first-order chi connectivity index (χ1) is 11.5. The maximum absolute atomic E-state index is 12.2. The highest BCUT2D eigenvalue weighted by atomic mass is 32.1. The van der Waals surface area contributed by atoms with E-state index < -0.39 is 0 Å². The molecule has 1 fully saturated rings. The van der Waals surface area contributed by atoms with Gasteiger partial charge in [0, 0.05) is 19.3 Å². The van der Waals surface area contributed by atoms with Crippen LogP contribution in [0.4, 0.5) is 5.13 Å². The molecule has 8 heteroatoms. The number of quaternary nitrogens is 1. The molecule has 1 aliphatic rings. The van der Waals surface area contributed by atoms with Gasteiger partial charge < -0.3 is 15.1 Å². The van der Waals surface area contributed by atoms with Gasteiger partial charge >= 0.3 is 0 Å². The third-order valence-electron chi connectivity index (χ3n) is 4.19. The Kier molecular flexibility index (Phi) is 7.11. The van der Waals surface area contributed by atoms with E-state index in [1.165, 1.54) is 16.2 Å². The summed E-state index contributed by atoms with van der Waals surface area (Å²) < 4.78 is 0. The minimum Gasteiger partial charge on any atom is -0.332 e. The molecule has 0 unspecified atom stereocenters. The molecule has 1 aromatic heterocycles. The summed E-state index contributed by atoms with van der Waals surface area (Å²) in [6.45, 7) is 11.1. The van der Waals surface area contributed by atoms with Crippen LogP contribution in [0, 0.1) is 5.92 Å². The van der Waals surface area contributed by atoms with Crippen LogP contribution in [0.15, 0.2) is 0 Å². The lowest BCUT2D eigenvalue weighted by atomic mass is 10.1. The first kappa shape index (κ1) is 18.8. The lowest BCUT2D eigenvalue weighted by molar-refractivity contribution is -0.902. The van der Waals surface area contributed by atoms with Gasteiger partial charge in [-0.15, -0.1) is 10.2 Å². The molecule has 2 N–H and O–H groups in total. The highest BCUT2D eigenvalue weighted by Gasteiger charge is 2.22. The number of likely N-dealkylation sites (N-methyl/N-ethyl adjacent to an activating group) is 1. The van der Waals surface area contributed by atoms with Crippen molar-refractivity contribution in [1.82, 2.24) is 15.1 Å². The summed E-state index contributed by atoms with van der Waals surface area (Å²) in [5.41, 5.74) is 0. The summed E-state index contributed by atoms with van der Waals surface area (Å²) >= 11 is 1.40. The summed E-state index contributed by atoms with van der Waals surface area (Å²) in [7, 11) is 0. The number of carbonyl (C=O) groups excluding carboxylic acids is 2. The summed E-state index contributed by atoms with van der Waals surface area (Å²) in [6.07, 6.45) is 1.31. The van der Waals surface area contributed by atoms with Gasteiger partial charge in [-0.3, -0.25) is 9.59 Å². The van der Waals surface area contributed by atoms with Crippen LogP contribution in [-0.2, 0) is 16.0 Å². The molecule has 2 rings (SSSR count). The predicted octanol–water partition coefficient (Wildman–Crippen LogP) is 0.202. The minimum atomic E-state index is -0.173. The fraction of sp³-hybridized carbons (Fsp3) is 0.750. The third-order valence-corrected chi connectivity index (χ3v) is 5.05. The van der Waals surface area contributed by atoms with Crippen molar-refractivity contribution in [3.05, 3.63) is 5.01 Å². The summed E-state index contributed by atoms with van der Waals surface area (Å²) in [4.78, 5) is 27.6. The molecule has 1 aromatic rings. The smallest absolute Gasteiger partial charge is 0.226 e. The van der Waals surface area contributed by atoms with Crippen LogP contribution in [0.3, 0.4) is 0 Å². The maximum atomic E-state index is 12.2. The third kappa shape index (κ3) is 5.83. The van der Waals surface area contributed by atoms with Crippen molar-refractivity contribution in [3.63, 3.8) is 0 Å². The summed E-state index contributed by atoms with van der Waals surface area (Å²) in [5, 5.41) is 12.2. The Labute approximate surface area is 147 Å². The Morgan fingerprint density at radius 1 is 1.25 bits per heavy atom. The first-order valence-corrected chi connectivity index (χ1v) is 9.53. The second kappa shape index (κ2) is 9.08. The number of hydrogen-bond acceptors (Lipinski definition) is 5. The zero-order valence-corrected chi connectivity index (χ0v) is 15.6. The lowest BCUT2D eigenvalue weighted by Gasteiger charge is -2.31. The van der Waals surface area contributed by atoms with Crippen molar-refractivity contribution in [2.45, 2.75) is 40.0 Å². The molecular formula is C16H28N5O2S+. The number of anilines is 1. The van der Waals surface area contributed by atoms with Gasteiger partial charge in [0.15, 0.2) is 0 Å². The van der Waals surface area contributed by atoms with Gasteiger partial charge in [-0.05, 0) is 12.8 Å². The maximum Gasteiger partial charge on any atom is 0.226 e. The van der Waals surface area contributed by atoms with Gasteiger partial charge in [0.25, 0.3) is 0 Å². The molecule has 7 nitrogen and oxygen atoms in total. The second-order valence-electron chi connectivity index (χ2n) is 6.63. The van der Waals surface area contributed by atoms with E-state index in [1.54, 1.807) is 0 Å². The van der Waals surface area contributed by atoms with E-state index in [0.29, 0.717) is 11.0 Å². The van der Waals surface area contributed by atoms with E-state index in [4.69, 9.17) is 0 Å². The molecule has 0 atom stereocenters. The molecule has 0 radical (unpaired) electrons. The van der Waals surface area contributed by atoms with Crippen LogP contribution in [0.25, 0.3) is 0 Å². The number of carbonyl (C=O) groups is 2. The normalized spacial score (nSPS) is 15.8. The highest BCUT2D eigenvalue weighted by molar-refractivity contribution is 7.15. The minimum absolute atomic E-state index is 0.0677. The van der Waals surface area contributed by atoms with Gasteiger partial charge in [-0.2, -0.15) is 0 Å². The molecule has 24 heavy (non-hydrogen) atoms. The summed E-state index contributed by atoms with van der Waals surface area (Å²) in [6, 6.07) is 0. The summed E-state index contributed by atoms with van der Waals surface area (Å²) in [5.74, 6) is 0.403. The monoisotopic (exact) mass is 354 g/mol. The van der Waals surface area contributed by atoms with Crippen LogP contribution in [0.5, 0.6) is 0 Å². The first-order valence-electron chi connectivity index (χ1n) is 8.71. The number of hydrogen-bond donors (Lipinski definition) is 2. The van der Waals surface area contributed by atoms with Crippen LogP contribution in [-0.4, -0.2) is 59.6 Å². The number of aromatic nitrogens is 2. The standard InChI is InChI=1S/C16H27N5O2S/c1-4-20-7-9-21(10-8-20)15(23)6-5-13(22)17-16-19-18-14(24-16)11-12(2)3/h12H,4-11H2,1-3H3,(H,17,19,22)/p+1. The Bertz CT molecular complexity index is 552. The Morgan fingerprint density at radius 2 is 1.96 bits per heavy atom. The predicted molar refractivity (Wildman–Crippen MR) is 94.1 cm³/mol. The van der Waals surface area contributed by atoms with E-state index in [0.717, 1.165) is 44.2 Å². The van der Waals surface area contributed by atoms with E-state index in [1.807, 2.05) is 4.90 Å². The average Bonchev–Trinajstić information content (AvgIpc) is 2.98. The van der Waals surface area contributed by atoms with Crippen molar-refractivity contribution in [2.75, 3.05) is 38.0 Å². The van der Waals surface area contributed by atoms with E-state index in [-0.39, 0.29) is 24.7 Å². The molecule has 0 spiro atoms. The highest BCUT2D eigenvalue weighted by Crippen LogP contribution is 2.18. The van der Waals surface area contributed by atoms with Gasteiger partial charge in [-0.25, -0.2) is 0 Å². The zero-order chi connectivity index (χ0) is 17.5. The second-order valence-corrected chi connectivity index (χ2v) is 7.69. The van der Waals surface area contributed by atoms with Crippen molar-refractivity contribution in [1.29, 1.82) is 0 Å². The number of nitrogens with one attached hydrogen (secondary N) is 2. The van der Waals surface area contributed by atoms with Crippen LogP contribution >= 0.6 is 11.3 Å². The molecule has 2 amide bonds. The van der Waals surface area contributed by atoms with E-state index >= 15 is 0 Å². The van der Waals surface area contributed by atoms with Crippen molar-refractivity contribution in [3.8, 4) is 0 Å². The number of piperazine rings is 1. The number of nitrogens with zero attached hydrogens (tertiary/aromatic N) is 3. The molecule has 0 aromatic carbocycles.